The van der Waals surface area contributed by atoms with Crippen LogP contribution in [0, 0.1) is 0 Å². The fourth-order valence-electron chi connectivity index (χ4n) is 2.33. The Bertz CT molecular complexity index is 482. The normalized spacial score (nSPS) is 18.1. The number of Topliss-reactive ketones (excluding diaryl/α,β-unsaturated/α-hetero) is 1. The Morgan fingerprint density at radius 2 is 2.28 bits per heavy atom. The molecule has 0 saturated heterocycles. The quantitative estimate of drug-likeness (QED) is 0.887. The van der Waals surface area contributed by atoms with Gasteiger partial charge in [-0.1, -0.05) is 0 Å². The van der Waals surface area contributed by atoms with Crippen LogP contribution in [0.2, 0.25) is 0 Å². The molecule has 4 heteroatoms. The highest BCUT2D eigenvalue weighted by atomic mass is 16.5. The Morgan fingerprint density at radius 3 is 2.94 bits per heavy atom. The molecule has 1 aromatic carbocycles. The Balaban J connectivity index is 2.29. The first-order valence-electron chi connectivity index (χ1n) is 6.07. The van der Waals surface area contributed by atoms with Gasteiger partial charge in [0.15, 0.2) is 5.78 Å². The summed E-state index contributed by atoms with van der Waals surface area (Å²) in [5, 5.41) is 2.82. The van der Waals surface area contributed by atoms with Crippen molar-refractivity contribution in [3.05, 3.63) is 29.3 Å². The lowest BCUT2D eigenvalue weighted by Crippen LogP contribution is -2.29. The van der Waals surface area contributed by atoms with Crippen LogP contribution in [0.25, 0.3) is 0 Å². The van der Waals surface area contributed by atoms with Gasteiger partial charge in [0.1, 0.15) is 5.75 Å². The van der Waals surface area contributed by atoms with E-state index in [0.29, 0.717) is 13.0 Å². The van der Waals surface area contributed by atoms with Crippen molar-refractivity contribution in [1.82, 2.24) is 5.32 Å². The average Bonchev–Trinajstić information content (AvgIpc) is 2.37. The summed E-state index contributed by atoms with van der Waals surface area (Å²) < 4.78 is 5.19. The molecule has 0 fully saturated rings. The zero-order valence-corrected chi connectivity index (χ0v) is 10.7. The Kier molecular flexibility index (Phi) is 3.65. The summed E-state index contributed by atoms with van der Waals surface area (Å²) in [6.07, 6.45) is 1.32. The van der Waals surface area contributed by atoms with E-state index in [1.54, 1.807) is 13.2 Å². The third-order valence-electron chi connectivity index (χ3n) is 3.32. The topological polar surface area (TPSA) is 55.4 Å². The van der Waals surface area contributed by atoms with Crippen LogP contribution < -0.4 is 10.1 Å². The number of amides is 1. The van der Waals surface area contributed by atoms with Gasteiger partial charge in [0.25, 0.3) is 0 Å². The number of nitrogens with one attached hydrogen (secondary N) is 1. The van der Waals surface area contributed by atoms with E-state index in [9.17, 15) is 9.59 Å². The Morgan fingerprint density at radius 1 is 1.50 bits per heavy atom. The van der Waals surface area contributed by atoms with Crippen molar-refractivity contribution < 1.29 is 14.3 Å². The first-order chi connectivity index (χ1) is 8.61. The lowest BCUT2D eigenvalue weighted by molar-refractivity contribution is -0.119. The fourth-order valence-corrected chi connectivity index (χ4v) is 2.33. The van der Waals surface area contributed by atoms with Gasteiger partial charge in [-0.25, -0.2) is 0 Å². The van der Waals surface area contributed by atoms with E-state index < -0.39 is 0 Å². The van der Waals surface area contributed by atoms with Gasteiger partial charge < -0.3 is 10.1 Å². The van der Waals surface area contributed by atoms with Crippen molar-refractivity contribution in [3.8, 4) is 5.75 Å². The van der Waals surface area contributed by atoms with E-state index in [2.05, 4.69) is 5.32 Å². The summed E-state index contributed by atoms with van der Waals surface area (Å²) in [4.78, 5) is 22.8. The molecule has 1 atom stereocenters. The van der Waals surface area contributed by atoms with Crippen LogP contribution in [0.3, 0.4) is 0 Å². The third kappa shape index (κ3) is 2.53. The van der Waals surface area contributed by atoms with Crippen molar-refractivity contribution in [1.29, 1.82) is 0 Å². The van der Waals surface area contributed by atoms with E-state index in [1.807, 2.05) is 12.1 Å². The van der Waals surface area contributed by atoms with Crippen LogP contribution in [-0.4, -0.2) is 25.3 Å². The largest absolute Gasteiger partial charge is 0.497 e. The number of rotatable bonds is 3. The van der Waals surface area contributed by atoms with E-state index in [4.69, 9.17) is 4.74 Å². The van der Waals surface area contributed by atoms with Crippen molar-refractivity contribution in [3.63, 3.8) is 0 Å². The molecule has 4 nitrogen and oxygen atoms in total. The monoisotopic (exact) mass is 247 g/mol. The summed E-state index contributed by atoms with van der Waals surface area (Å²) >= 11 is 0. The number of hydrogen-bond donors (Lipinski definition) is 1. The molecule has 1 N–H and O–H groups in total. The number of methoxy groups -OCH3 is 1. The zero-order valence-electron chi connectivity index (χ0n) is 10.7. The standard InChI is InChI=1S/C14H17NO3/c1-9(16)15-8-10-3-6-14(17)12-5-4-11(18-2)7-13(10)12/h4-5,7,10H,3,6,8H2,1-2H3,(H,15,16)/t10-/m0/s1. The molecular formula is C14H17NO3. The first kappa shape index (κ1) is 12.6. The molecule has 0 unspecified atom stereocenters. The van der Waals surface area contributed by atoms with Gasteiger partial charge >= 0.3 is 0 Å². The van der Waals surface area contributed by atoms with Crippen LogP contribution in [0.15, 0.2) is 18.2 Å². The lowest BCUT2D eigenvalue weighted by Gasteiger charge is -2.25. The van der Waals surface area contributed by atoms with Crippen LogP contribution in [0.4, 0.5) is 0 Å². The van der Waals surface area contributed by atoms with E-state index in [0.717, 1.165) is 23.3 Å². The highest BCUT2D eigenvalue weighted by Gasteiger charge is 2.26. The van der Waals surface area contributed by atoms with Crippen molar-refractivity contribution >= 4 is 11.7 Å². The smallest absolute Gasteiger partial charge is 0.216 e. The van der Waals surface area contributed by atoms with Crippen LogP contribution >= 0.6 is 0 Å². The van der Waals surface area contributed by atoms with Gasteiger partial charge in [0.2, 0.25) is 5.91 Å². The maximum atomic E-state index is 11.8. The summed E-state index contributed by atoms with van der Waals surface area (Å²) in [5.74, 6) is 1.07. The zero-order chi connectivity index (χ0) is 13.1. The average molecular weight is 247 g/mol. The van der Waals surface area contributed by atoms with E-state index in [1.165, 1.54) is 6.92 Å². The Hall–Kier alpha value is -1.84. The molecule has 0 radical (unpaired) electrons. The highest BCUT2D eigenvalue weighted by molar-refractivity contribution is 5.99. The fraction of sp³-hybridized carbons (Fsp3) is 0.429. The number of ketones is 1. The predicted octanol–water partition coefficient (Wildman–Crippen LogP) is 1.89. The third-order valence-corrected chi connectivity index (χ3v) is 3.32. The SMILES string of the molecule is COc1ccc2c(c1)[C@H](CNC(C)=O)CCC2=O. The molecule has 1 aliphatic carbocycles. The van der Waals surface area contributed by atoms with Crippen LogP contribution in [0.1, 0.15) is 41.6 Å². The number of benzene rings is 1. The maximum absolute atomic E-state index is 11.8. The van der Waals surface area contributed by atoms with Crippen molar-refractivity contribution in [2.45, 2.75) is 25.7 Å². The number of carbonyl (C=O) groups excluding carboxylic acids is 2. The summed E-state index contributed by atoms with van der Waals surface area (Å²) in [6.45, 7) is 2.07. The second-order valence-corrected chi connectivity index (χ2v) is 4.55. The minimum absolute atomic E-state index is 0.0450. The Labute approximate surface area is 106 Å². The number of fused-ring (bicyclic) bond motifs is 1. The minimum atomic E-state index is -0.0450. The van der Waals surface area contributed by atoms with Gasteiger partial charge in [-0.3, -0.25) is 9.59 Å². The van der Waals surface area contributed by atoms with Crippen LogP contribution in [0.5, 0.6) is 5.75 Å². The molecule has 0 aliphatic heterocycles. The summed E-state index contributed by atoms with van der Waals surface area (Å²) in [5.41, 5.74) is 1.75. The molecule has 0 heterocycles. The molecule has 1 aliphatic rings. The maximum Gasteiger partial charge on any atom is 0.216 e. The molecule has 1 amide bonds. The number of carbonyl (C=O) groups is 2. The summed E-state index contributed by atoms with van der Waals surface area (Å²) in [7, 11) is 1.61. The molecular weight excluding hydrogens is 230 g/mol. The van der Waals surface area contributed by atoms with Crippen molar-refractivity contribution in [2.75, 3.05) is 13.7 Å². The second-order valence-electron chi connectivity index (χ2n) is 4.55. The second kappa shape index (κ2) is 5.21. The predicted molar refractivity (Wildman–Crippen MR) is 68.0 cm³/mol. The number of ether oxygens (including phenoxy) is 1. The molecule has 0 aromatic heterocycles. The first-order valence-corrected chi connectivity index (χ1v) is 6.07. The molecule has 1 aromatic rings. The summed E-state index contributed by atoms with van der Waals surface area (Å²) in [6, 6.07) is 5.52. The number of hydrogen-bond acceptors (Lipinski definition) is 3. The van der Waals surface area contributed by atoms with Gasteiger partial charge in [0.05, 0.1) is 7.11 Å². The highest BCUT2D eigenvalue weighted by Crippen LogP contribution is 2.33. The lowest BCUT2D eigenvalue weighted by atomic mass is 9.82. The molecule has 18 heavy (non-hydrogen) atoms. The van der Waals surface area contributed by atoms with E-state index >= 15 is 0 Å². The van der Waals surface area contributed by atoms with Gasteiger partial charge in [-0.05, 0) is 30.2 Å². The van der Waals surface area contributed by atoms with Crippen LogP contribution in [-0.2, 0) is 4.79 Å². The van der Waals surface area contributed by atoms with Gasteiger partial charge in [-0.15, -0.1) is 0 Å². The van der Waals surface area contributed by atoms with E-state index in [-0.39, 0.29) is 17.6 Å². The minimum Gasteiger partial charge on any atom is -0.497 e. The van der Waals surface area contributed by atoms with Crippen molar-refractivity contribution in [2.24, 2.45) is 0 Å². The van der Waals surface area contributed by atoms with Gasteiger partial charge in [0, 0.05) is 31.4 Å². The molecule has 0 bridgehead atoms. The molecule has 0 saturated carbocycles. The molecule has 0 spiro atoms. The van der Waals surface area contributed by atoms with Gasteiger partial charge in [-0.2, -0.15) is 0 Å². The molecule has 96 valence electrons. The molecule has 2 rings (SSSR count).